The first-order valence-corrected chi connectivity index (χ1v) is 12.3. The van der Waals surface area contributed by atoms with Gasteiger partial charge in [-0.15, -0.1) is 0 Å². The smallest absolute Gasteiger partial charge is 0.261 e. The maximum absolute atomic E-state index is 12.7. The standard InChI is InChI=1S/C23H30N2O7S/c1-3-20(32-22-7-5-4-6-21(22)29-2)23(26)24-12-15-31-18-8-10-19(11-9-18)33(27,28)25-13-16-30-17-14-25/h4-11,20H,3,12-17H2,1-2H3,(H,24,26)/t20-/m1/s1. The molecule has 33 heavy (non-hydrogen) atoms. The minimum absolute atomic E-state index is 0.212. The van der Waals surface area contributed by atoms with Gasteiger partial charge < -0.3 is 24.3 Å². The van der Waals surface area contributed by atoms with Crippen LogP contribution in [0.4, 0.5) is 0 Å². The van der Waals surface area contributed by atoms with Gasteiger partial charge in [-0.3, -0.25) is 4.79 Å². The van der Waals surface area contributed by atoms with Gasteiger partial charge in [-0.1, -0.05) is 19.1 Å². The SMILES string of the molecule is CC[C@@H](Oc1ccccc1OC)C(=O)NCCOc1ccc(S(=O)(=O)N2CCOCC2)cc1. The van der Waals surface area contributed by atoms with Crippen LogP contribution in [0.1, 0.15) is 13.3 Å². The van der Waals surface area contributed by atoms with Gasteiger partial charge in [-0.05, 0) is 42.8 Å². The van der Waals surface area contributed by atoms with Gasteiger partial charge in [0.05, 0.1) is 31.8 Å². The number of carbonyl (C=O) groups is 1. The highest BCUT2D eigenvalue weighted by molar-refractivity contribution is 7.89. The summed E-state index contributed by atoms with van der Waals surface area (Å²) in [4.78, 5) is 12.7. The van der Waals surface area contributed by atoms with Crippen molar-refractivity contribution in [3.05, 3.63) is 48.5 Å². The predicted octanol–water partition coefficient (Wildman–Crippen LogP) is 2.07. The van der Waals surface area contributed by atoms with Gasteiger partial charge in [0.1, 0.15) is 12.4 Å². The fourth-order valence-corrected chi connectivity index (χ4v) is 4.70. The molecular formula is C23H30N2O7S. The Bertz CT molecular complexity index is 1010. The van der Waals surface area contributed by atoms with E-state index in [4.69, 9.17) is 18.9 Å². The predicted molar refractivity (Wildman–Crippen MR) is 122 cm³/mol. The van der Waals surface area contributed by atoms with Gasteiger partial charge >= 0.3 is 0 Å². The number of rotatable bonds is 11. The van der Waals surface area contributed by atoms with E-state index in [1.54, 1.807) is 31.4 Å². The maximum atomic E-state index is 12.7. The molecule has 0 spiro atoms. The molecule has 0 unspecified atom stereocenters. The molecule has 180 valence electrons. The Morgan fingerprint density at radius 3 is 2.39 bits per heavy atom. The number of methoxy groups -OCH3 is 1. The summed E-state index contributed by atoms with van der Waals surface area (Å²) >= 11 is 0. The van der Waals surface area contributed by atoms with E-state index in [9.17, 15) is 13.2 Å². The van der Waals surface area contributed by atoms with Crippen molar-refractivity contribution in [2.75, 3.05) is 46.6 Å². The molecule has 1 saturated heterocycles. The van der Waals surface area contributed by atoms with Gasteiger partial charge in [-0.2, -0.15) is 4.31 Å². The van der Waals surface area contributed by atoms with Crippen molar-refractivity contribution < 1.29 is 32.2 Å². The van der Waals surface area contributed by atoms with E-state index in [0.717, 1.165) is 0 Å². The second-order valence-corrected chi connectivity index (χ2v) is 9.23. The number of sulfonamides is 1. The lowest BCUT2D eigenvalue weighted by Gasteiger charge is -2.26. The molecule has 1 heterocycles. The van der Waals surface area contributed by atoms with Crippen molar-refractivity contribution in [2.24, 2.45) is 0 Å². The van der Waals surface area contributed by atoms with Crippen LogP contribution in [-0.2, 0) is 19.6 Å². The van der Waals surface area contributed by atoms with E-state index in [1.165, 1.54) is 16.4 Å². The second-order valence-electron chi connectivity index (χ2n) is 7.29. The molecule has 3 rings (SSSR count). The number of nitrogens with one attached hydrogen (secondary N) is 1. The Morgan fingerprint density at radius 2 is 1.76 bits per heavy atom. The topological polar surface area (TPSA) is 103 Å². The minimum Gasteiger partial charge on any atom is -0.493 e. The number of hydrogen-bond acceptors (Lipinski definition) is 7. The zero-order valence-electron chi connectivity index (χ0n) is 18.9. The first kappa shape index (κ1) is 24.8. The van der Waals surface area contributed by atoms with E-state index < -0.39 is 16.1 Å². The number of carbonyl (C=O) groups excluding carboxylic acids is 1. The van der Waals surface area contributed by atoms with E-state index in [1.807, 2.05) is 19.1 Å². The molecule has 1 fully saturated rings. The highest BCUT2D eigenvalue weighted by atomic mass is 32.2. The fraction of sp³-hybridized carbons (Fsp3) is 0.435. The molecular weight excluding hydrogens is 448 g/mol. The fourth-order valence-electron chi connectivity index (χ4n) is 3.29. The number of hydrogen-bond donors (Lipinski definition) is 1. The quantitative estimate of drug-likeness (QED) is 0.493. The molecule has 1 amide bonds. The van der Waals surface area contributed by atoms with E-state index >= 15 is 0 Å². The Balaban J connectivity index is 1.46. The second kappa shape index (κ2) is 11.9. The van der Waals surface area contributed by atoms with Crippen LogP contribution in [0.25, 0.3) is 0 Å². The molecule has 2 aromatic carbocycles. The van der Waals surface area contributed by atoms with Gasteiger partial charge in [0.2, 0.25) is 10.0 Å². The average Bonchev–Trinajstić information content (AvgIpc) is 2.86. The third-order valence-electron chi connectivity index (χ3n) is 5.10. The van der Waals surface area contributed by atoms with Gasteiger partial charge in [-0.25, -0.2) is 8.42 Å². The molecule has 2 aromatic rings. The summed E-state index contributed by atoms with van der Waals surface area (Å²) in [6.45, 7) is 3.86. The molecule has 1 aliphatic heterocycles. The molecule has 0 bridgehead atoms. The summed E-state index contributed by atoms with van der Waals surface area (Å²) < 4.78 is 48.7. The number of ether oxygens (including phenoxy) is 4. The van der Waals surface area contributed by atoms with E-state index in [2.05, 4.69) is 5.32 Å². The summed E-state index contributed by atoms with van der Waals surface area (Å²) in [7, 11) is -1.99. The highest BCUT2D eigenvalue weighted by Gasteiger charge is 2.26. The lowest BCUT2D eigenvalue weighted by molar-refractivity contribution is -0.128. The molecule has 1 atom stereocenters. The number of benzene rings is 2. The molecule has 1 N–H and O–H groups in total. The van der Waals surface area contributed by atoms with Crippen molar-refractivity contribution in [2.45, 2.75) is 24.3 Å². The molecule has 0 radical (unpaired) electrons. The minimum atomic E-state index is -3.54. The van der Waals surface area contributed by atoms with Crippen molar-refractivity contribution >= 4 is 15.9 Å². The first-order valence-electron chi connectivity index (χ1n) is 10.8. The zero-order chi connectivity index (χ0) is 23.7. The normalized spacial score (nSPS) is 15.5. The monoisotopic (exact) mass is 478 g/mol. The highest BCUT2D eigenvalue weighted by Crippen LogP contribution is 2.27. The molecule has 0 aromatic heterocycles. The van der Waals surface area contributed by atoms with Crippen molar-refractivity contribution in [3.8, 4) is 17.2 Å². The van der Waals surface area contributed by atoms with Crippen LogP contribution in [0.15, 0.2) is 53.4 Å². The van der Waals surface area contributed by atoms with Crippen LogP contribution >= 0.6 is 0 Å². The molecule has 0 aliphatic carbocycles. The Kier molecular flexibility index (Phi) is 8.93. The largest absolute Gasteiger partial charge is 0.493 e. The Labute approximate surface area is 194 Å². The summed E-state index contributed by atoms with van der Waals surface area (Å²) in [6.07, 6.45) is -0.171. The zero-order valence-corrected chi connectivity index (χ0v) is 19.7. The maximum Gasteiger partial charge on any atom is 0.261 e. The summed E-state index contributed by atoms with van der Waals surface area (Å²) in [6, 6.07) is 13.4. The lowest BCUT2D eigenvalue weighted by Crippen LogP contribution is -2.40. The average molecular weight is 479 g/mol. The van der Waals surface area contributed by atoms with Crippen molar-refractivity contribution in [1.29, 1.82) is 0 Å². The Hall–Kier alpha value is -2.82. The van der Waals surface area contributed by atoms with Gasteiger partial charge in [0.15, 0.2) is 17.6 Å². The molecule has 9 nitrogen and oxygen atoms in total. The van der Waals surface area contributed by atoms with Crippen LogP contribution in [0.3, 0.4) is 0 Å². The van der Waals surface area contributed by atoms with Crippen LogP contribution in [-0.4, -0.2) is 71.3 Å². The van der Waals surface area contributed by atoms with Crippen LogP contribution in [0, 0.1) is 0 Å². The summed E-state index contributed by atoms with van der Waals surface area (Å²) in [5.41, 5.74) is 0. The van der Waals surface area contributed by atoms with Crippen LogP contribution in [0.2, 0.25) is 0 Å². The van der Waals surface area contributed by atoms with Crippen molar-refractivity contribution in [3.63, 3.8) is 0 Å². The third kappa shape index (κ3) is 6.59. The number of amides is 1. The van der Waals surface area contributed by atoms with E-state index in [0.29, 0.717) is 50.0 Å². The number of para-hydroxylation sites is 2. The number of nitrogens with zero attached hydrogens (tertiary/aromatic N) is 1. The van der Waals surface area contributed by atoms with Crippen LogP contribution in [0.5, 0.6) is 17.2 Å². The van der Waals surface area contributed by atoms with Crippen LogP contribution < -0.4 is 19.5 Å². The molecule has 0 saturated carbocycles. The van der Waals surface area contributed by atoms with E-state index in [-0.39, 0.29) is 24.0 Å². The Morgan fingerprint density at radius 1 is 1.09 bits per heavy atom. The number of morpholine rings is 1. The summed E-state index contributed by atoms with van der Waals surface area (Å²) in [5.74, 6) is 1.33. The molecule has 1 aliphatic rings. The lowest BCUT2D eigenvalue weighted by atomic mass is 10.2. The first-order chi connectivity index (χ1) is 16.0. The summed E-state index contributed by atoms with van der Waals surface area (Å²) in [5, 5.41) is 2.80. The van der Waals surface area contributed by atoms with Gasteiger partial charge in [0.25, 0.3) is 5.91 Å². The van der Waals surface area contributed by atoms with Crippen molar-refractivity contribution in [1.82, 2.24) is 9.62 Å². The van der Waals surface area contributed by atoms with Gasteiger partial charge in [0, 0.05) is 13.1 Å². The molecule has 10 heteroatoms. The third-order valence-corrected chi connectivity index (χ3v) is 7.02.